The minimum atomic E-state index is 0.209. The van der Waals surface area contributed by atoms with Crippen molar-refractivity contribution in [3.05, 3.63) is 33.8 Å². The van der Waals surface area contributed by atoms with Crippen molar-refractivity contribution in [2.45, 2.75) is 12.5 Å². The summed E-state index contributed by atoms with van der Waals surface area (Å²) in [7, 11) is 1.95. The summed E-state index contributed by atoms with van der Waals surface area (Å²) in [5, 5.41) is 3.16. The molecule has 3 heteroatoms. The highest BCUT2D eigenvalue weighted by Gasteiger charge is 2.19. The molecule has 0 aromatic heterocycles. The zero-order valence-corrected chi connectivity index (χ0v) is 9.80. The van der Waals surface area contributed by atoms with Gasteiger partial charge in [0.05, 0.1) is 12.7 Å². The monoisotopic (exact) mass is 255 g/mol. The van der Waals surface area contributed by atoms with Crippen molar-refractivity contribution in [3.8, 4) is 0 Å². The molecule has 0 saturated heterocycles. The SMILES string of the molecule is CNCC1OCCc2ccc(Br)cc21. The lowest BCUT2D eigenvalue weighted by molar-refractivity contribution is 0.0438. The third kappa shape index (κ3) is 2.00. The molecule has 76 valence electrons. The normalized spacial score (nSPS) is 20.6. The Kier molecular flexibility index (Phi) is 3.21. The van der Waals surface area contributed by atoms with E-state index in [2.05, 4.69) is 39.4 Å². The Bertz CT molecular complexity index is 327. The van der Waals surface area contributed by atoms with Gasteiger partial charge in [0.1, 0.15) is 0 Å². The summed E-state index contributed by atoms with van der Waals surface area (Å²) in [5.41, 5.74) is 2.74. The fourth-order valence-corrected chi connectivity index (χ4v) is 2.23. The number of likely N-dealkylation sites (N-methyl/N-ethyl adjacent to an activating group) is 1. The molecule has 14 heavy (non-hydrogen) atoms. The summed E-state index contributed by atoms with van der Waals surface area (Å²) >= 11 is 3.49. The lowest BCUT2D eigenvalue weighted by Crippen LogP contribution is -2.25. The molecule has 0 bridgehead atoms. The number of nitrogens with one attached hydrogen (secondary N) is 1. The number of hydrogen-bond donors (Lipinski definition) is 1. The van der Waals surface area contributed by atoms with Crippen LogP contribution in [0.4, 0.5) is 0 Å². The molecule has 1 atom stereocenters. The van der Waals surface area contributed by atoms with E-state index < -0.39 is 0 Å². The van der Waals surface area contributed by atoms with Crippen molar-refractivity contribution in [1.82, 2.24) is 5.32 Å². The number of halogens is 1. The fourth-order valence-electron chi connectivity index (χ4n) is 1.85. The molecule has 0 amide bonds. The van der Waals surface area contributed by atoms with Crippen LogP contribution < -0.4 is 5.32 Å². The van der Waals surface area contributed by atoms with E-state index in [-0.39, 0.29) is 6.10 Å². The van der Waals surface area contributed by atoms with Crippen LogP contribution in [0.1, 0.15) is 17.2 Å². The van der Waals surface area contributed by atoms with Crippen LogP contribution in [0.25, 0.3) is 0 Å². The third-order valence-corrected chi connectivity index (χ3v) is 3.03. The first-order valence-electron chi connectivity index (χ1n) is 4.86. The Morgan fingerprint density at radius 1 is 1.57 bits per heavy atom. The van der Waals surface area contributed by atoms with E-state index >= 15 is 0 Å². The molecule has 0 saturated carbocycles. The Balaban J connectivity index is 2.32. The fraction of sp³-hybridized carbons (Fsp3) is 0.455. The van der Waals surface area contributed by atoms with Crippen molar-refractivity contribution in [3.63, 3.8) is 0 Å². The third-order valence-electron chi connectivity index (χ3n) is 2.53. The maximum atomic E-state index is 5.72. The maximum Gasteiger partial charge on any atom is 0.0952 e. The predicted molar refractivity (Wildman–Crippen MR) is 60.5 cm³/mol. The van der Waals surface area contributed by atoms with E-state index in [0.717, 1.165) is 24.0 Å². The van der Waals surface area contributed by atoms with Gasteiger partial charge in [0, 0.05) is 11.0 Å². The number of ether oxygens (including phenoxy) is 1. The van der Waals surface area contributed by atoms with E-state index in [0.29, 0.717) is 0 Å². The van der Waals surface area contributed by atoms with Gasteiger partial charge in [-0.05, 0) is 36.7 Å². The van der Waals surface area contributed by atoms with Gasteiger partial charge < -0.3 is 10.1 Å². The number of hydrogen-bond acceptors (Lipinski definition) is 2. The van der Waals surface area contributed by atoms with Crippen LogP contribution >= 0.6 is 15.9 Å². The first kappa shape index (κ1) is 10.1. The smallest absolute Gasteiger partial charge is 0.0952 e. The van der Waals surface area contributed by atoms with Gasteiger partial charge in [-0.1, -0.05) is 22.0 Å². The van der Waals surface area contributed by atoms with Gasteiger partial charge in [0.15, 0.2) is 0 Å². The predicted octanol–water partition coefficient (Wildman–Crippen LogP) is 2.28. The average molecular weight is 256 g/mol. The number of benzene rings is 1. The van der Waals surface area contributed by atoms with Crippen molar-refractivity contribution in [2.75, 3.05) is 20.2 Å². The molecule has 1 aromatic carbocycles. The molecule has 2 nitrogen and oxygen atoms in total. The molecule has 1 aliphatic heterocycles. The summed E-state index contributed by atoms with van der Waals surface area (Å²) in [6.07, 6.45) is 1.24. The van der Waals surface area contributed by atoms with E-state index in [1.54, 1.807) is 0 Å². The summed E-state index contributed by atoms with van der Waals surface area (Å²) in [6, 6.07) is 6.45. The van der Waals surface area contributed by atoms with Crippen LogP contribution in [0.5, 0.6) is 0 Å². The van der Waals surface area contributed by atoms with Crippen molar-refractivity contribution in [1.29, 1.82) is 0 Å². The second kappa shape index (κ2) is 4.43. The summed E-state index contributed by atoms with van der Waals surface area (Å²) in [6.45, 7) is 1.71. The summed E-state index contributed by atoms with van der Waals surface area (Å²) in [5.74, 6) is 0. The second-order valence-corrected chi connectivity index (χ2v) is 4.43. The first-order valence-corrected chi connectivity index (χ1v) is 5.65. The van der Waals surface area contributed by atoms with Gasteiger partial charge in [-0.25, -0.2) is 0 Å². The Labute approximate surface area is 92.8 Å². The highest BCUT2D eigenvalue weighted by atomic mass is 79.9. The van der Waals surface area contributed by atoms with Crippen molar-refractivity contribution < 1.29 is 4.74 Å². The van der Waals surface area contributed by atoms with Crippen LogP contribution in [0, 0.1) is 0 Å². The van der Waals surface area contributed by atoms with Gasteiger partial charge >= 0.3 is 0 Å². The topological polar surface area (TPSA) is 21.3 Å². The van der Waals surface area contributed by atoms with E-state index in [9.17, 15) is 0 Å². The summed E-state index contributed by atoms with van der Waals surface area (Å²) < 4.78 is 6.84. The average Bonchev–Trinajstić information content (AvgIpc) is 2.19. The number of rotatable bonds is 2. The minimum absolute atomic E-state index is 0.209. The molecule has 2 rings (SSSR count). The second-order valence-electron chi connectivity index (χ2n) is 3.51. The van der Waals surface area contributed by atoms with Gasteiger partial charge in [-0.3, -0.25) is 0 Å². The zero-order chi connectivity index (χ0) is 9.97. The Morgan fingerprint density at radius 3 is 3.21 bits per heavy atom. The Hall–Kier alpha value is -0.380. The van der Waals surface area contributed by atoms with Crippen LogP contribution in [0.3, 0.4) is 0 Å². The van der Waals surface area contributed by atoms with E-state index in [1.165, 1.54) is 11.1 Å². The molecular formula is C11H14BrNO. The molecule has 0 fully saturated rings. The number of fused-ring (bicyclic) bond motifs is 1. The molecule has 0 spiro atoms. The first-order chi connectivity index (χ1) is 6.81. The van der Waals surface area contributed by atoms with Crippen LogP contribution in [0.15, 0.2) is 22.7 Å². The lowest BCUT2D eigenvalue weighted by atomic mass is 9.98. The minimum Gasteiger partial charge on any atom is -0.372 e. The molecule has 1 heterocycles. The molecular weight excluding hydrogens is 242 g/mol. The quantitative estimate of drug-likeness (QED) is 0.876. The molecule has 0 aliphatic carbocycles. The largest absolute Gasteiger partial charge is 0.372 e. The van der Waals surface area contributed by atoms with Crippen molar-refractivity contribution >= 4 is 15.9 Å². The van der Waals surface area contributed by atoms with Gasteiger partial charge in [-0.2, -0.15) is 0 Å². The van der Waals surface area contributed by atoms with Gasteiger partial charge in [0.25, 0.3) is 0 Å². The molecule has 0 radical (unpaired) electrons. The zero-order valence-electron chi connectivity index (χ0n) is 8.22. The van der Waals surface area contributed by atoms with E-state index in [1.807, 2.05) is 7.05 Å². The standard InChI is InChI=1S/C11H14BrNO/c1-13-7-11-10-6-9(12)3-2-8(10)4-5-14-11/h2-3,6,11,13H,4-5,7H2,1H3. The molecule has 1 aliphatic rings. The lowest BCUT2D eigenvalue weighted by Gasteiger charge is -2.26. The molecule has 1 N–H and O–H groups in total. The Morgan fingerprint density at radius 2 is 2.43 bits per heavy atom. The van der Waals surface area contributed by atoms with Gasteiger partial charge in [0.2, 0.25) is 0 Å². The van der Waals surface area contributed by atoms with Crippen LogP contribution in [-0.2, 0) is 11.2 Å². The van der Waals surface area contributed by atoms with Gasteiger partial charge in [-0.15, -0.1) is 0 Å². The highest BCUT2D eigenvalue weighted by molar-refractivity contribution is 9.10. The van der Waals surface area contributed by atoms with Crippen LogP contribution in [0.2, 0.25) is 0 Å². The highest BCUT2D eigenvalue weighted by Crippen LogP contribution is 2.29. The molecule has 1 aromatic rings. The van der Waals surface area contributed by atoms with Crippen LogP contribution in [-0.4, -0.2) is 20.2 Å². The molecule has 1 unspecified atom stereocenters. The van der Waals surface area contributed by atoms with Crippen molar-refractivity contribution in [2.24, 2.45) is 0 Å². The van der Waals surface area contributed by atoms with E-state index in [4.69, 9.17) is 4.74 Å². The maximum absolute atomic E-state index is 5.72. The summed E-state index contributed by atoms with van der Waals surface area (Å²) in [4.78, 5) is 0.